The van der Waals surface area contributed by atoms with Crippen molar-refractivity contribution >= 4 is 17.7 Å². The first-order valence-corrected chi connectivity index (χ1v) is 6.05. The van der Waals surface area contributed by atoms with Crippen molar-refractivity contribution in [3.05, 3.63) is 35.4 Å². The fourth-order valence-corrected chi connectivity index (χ4v) is 2.32. The third-order valence-electron chi connectivity index (χ3n) is 2.41. The molecule has 17 heavy (non-hydrogen) atoms. The van der Waals surface area contributed by atoms with Gasteiger partial charge in [0.15, 0.2) is 0 Å². The minimum absolute atomic E-state index is 0.345. The average Bonchev–Trinajstić information content (AvgIpc) is 2.69. The first kappa shape index (κ1) is 11.7. The number of nitrogens with two attached hydrogens (primary N) is 2. The van der Waals surface area contributed by atoms with E-state index >= 15 is 0 Å². The summed E-state index contributed by atoms with van der Waals surface area (Å²) in [7, 11) is 0. The molecule has 0 radical (unpaired) electrons. The number of nitrogen functional groups attached to an aromatic ring is 2. The van der Waals surface area contributed by atoms with E-state index in [1.807, 2.05) is 12.1 Å². The van der Waals surface area contributed by atoms with Crippen molar-refractivity contribution in [1.82, 2.24) is 14.9 Å². The van der Waals surface area contributed by atoms with Gasteiger partial charge < -0.3 is 5.84 Å². The molecule has 2 aromatic rings. The number of thioether (sulfide) groups is 1. The van der Waals surface area contributed by atoms with Crippen molar-refractivity contribution in [2.75, 3.05) is 11.3 Å². The summed E-state index contributed by atoms with van der Waals surface area (Å²) in [6.07, 6.45) is 0. The van der Waals surface area contributed by atoms with Gasteiger partial charge in [-0.05, 0) is 18.1 Å². The monoisotopic (exact) mass is 250 g/mol. The Morgan fingerprint density at radius 2 is 2.12 bits per heavy atom. The molecule has 0 aliphatic heterocycles. The van der Waals surface area contributed by atoms with Crippen LogP contribution in [0.2, 0.25) is 0 Å². The lowest BCUT2D eigenvalue weighted by atomic mass is 10.1. The summed E-state index contributed by atoms with van der Waals surface area (Å²) in [5, 5.41) is 8.37. The Morgan fingerprint density at radius 1 is 1.35 bits per heavy atom. The summed E-state index contributed by atoms with van der Waals surface area (Å²) < 4.78 is 1.34. The maximum atomic E-state index is 5.74. The maximum absolute atomic E-state index is 5.74. The summed E-state index contributed by atoms with van der Waals surface area (Å²) in [5.41, 5.74) is 4.88. The van der Waals surface area contributed by atoms with Crippen LogP contribution in [0, 0.1) is 6.92 Å². The van der Waals surface area contributed by atoms with Gasteiger partial charge in [-0.25, -0.2) is 10.5 Å². The van der Waals surface area contributed by atoms with Crippen LogP contribution >= 0.6 is 11.8 Å². The van der Waals surface area contributed by atoms with E-state index in [0.29, 0.717) is 11.1 Å². The largest absolute Gasteiger partial charge is 0.334 e. The van der Waals surface area contributed by atoms with Crippen molar-refractivity contribution < 1.29 is 0 Å². The van der Waals surface area contributed by atoms with Gasteiger partial charge in [0.05, 0.1) is 0 Å². The van der Waals surface area contributed by atoms with Crippen LogP contribution in [0.4, 0.5) is 5.95 Å². The lowest BCUT2D eigenvalue weighted by Gasteiger charge is -2.05. The van der Waals surface area contributed by atoms with Gasteiger partial charge in [-0.1, -0.05) is 36.0 Å². The van der Waals surface area contributed by atoms with E-state index in [1.165, 1.54) is 27.6 Å². The van der Waals surface area contributed by atoms with Crippen LogP contribution in [-0.4, -0.2) is 14.9 Å². The van der Waals surface area contributed by atoms with Crippen molar-refractivity contribution in [3.8, 4) is 0 Å². The van der Waals surface area contributed by atoms with Gasteiger partial charge in [0.1, 0.15) is 0 Å². The number of anilines is 1. The van der Waals surface area contributed by atoms with E-state index in [-0.39, 0.29) is 0 Å². The molecule has 0 atom stereocenters. The summed E-state index contributed by atoms with van der Waals surface area (Å²) >= 11 is 1.52. The molecule has 6 nitrogen and oxygen atoms in total. The Morgan fingerprint density at radius 3 is 2.76 bits per heavy atom. The minimum Gasteiger partial charge on any atom is -0.334 e. The Labute approximate surface area is 103 Å². The molecule has 0 saturated carbocycles. The van der Waals surface area contributed by atoms with Gasteiger partial charge >= 0.3 is 0 Å². The van der Waals surface area contributed by atoms with Crippen molar-refractivity contribution in [2.45, 2.75) is 17.8 Å². The number of nitrogens with zero attached hydrogens (tertiary/aromatic N) is 3. The molecule has 1 aromatic heterocycles. The fraction of sp³-hybridized carbons (Fsp3) is 0.200. The molecule has 2 rings (SSSR count). The molecule has 7 heteroatoms. The Balaban J connectivity index is 2.07. The zero-order chi connectivity index (χ0) is 12.3. The van der Waals surface area contributed by atoms with Crippen LogP contribution in [0.3, 0.4) is 0 Å². The topological polar surface area (TPSA) is 94.8 Å². The average molecular weight is 250 g/mol. The van der Waals surface area contributed by atoms with Gasteiger partial charge in [-0.15, -0.1) is 10.2 Å². The molecule has 1 heterocycles. The van der Waals surface area contributed by atoms with E-state index in [9.17, 15) is 0 Å². The Bertz CT molecular complexity index is 509. The molecule has 0 saturated heterocycles. The Hall–Kier alpha value is -1.73. The molecule has 1 aromatic carbocycles. The molecular weight excluding hydrogens is 236 g/mol. The molecule has 0 unspecified atom stereocenters. The third kappa shape index (κ3) is 2.51. The minimum atomic E-state index is 0.345. The zero-order valence-electron chi connectivity index (χ0n) is 9.42. The molecule has 0 amide bonds. The van der Waals surface area contributed by atoms with Crippen molar-refractivity contribution in [3.63, 3.8) is 0 Å². The summed E-state index contributed by atoms with van der Waals surface area (Å²) in [6.45, 7) is 2.08. The number of rotatable bonds is 4. The Kier molecular flexibility index (Phi) is 3.50. The second kappa shape index (κ2) is 5.07. The maximum Gasteiger partial charge on any atom is 0.258 e. The SMILES string of the molecule is Cc1ccccc1CSc1nnc(NN)n1N. The molecule has 0 aliphatic carbocycles. The predicted molar refractivity (Wildman–Crippen MR) is 68.7 cm³/mol. The standard InChI is InChI=1S/C10H14N6S/c1-7-4-2-3-5-8(7)6-17-10-15-14-9(13-11)16(10)12/h2-5H,6,11-12H2,1H3,(H,13,14). The number of nitrogens with one attached hydrogen (secondary N) is 1. The van der Waals surface area contributed by atoms with Crippen LogP contribution in [-0.2, 0) is 5.75 Å². The van der Waals surface area contributed by atoms with Gasteiger partial charge in [0.2, 0.25) is 5.16 Å². The molecular formula is C10H14N6S. The predicted octanol–water partition coefficient (Wildman–Crippen LogP) is 0.878. The van der Waals surface area contributed by atoms with Crippen molar-refractivity contribution in [2.24, 2.45) is 5.84 Å². The van der Waals surface area contributed by atoms with Gasteiger partial charge in [0, 0.05) is 5.75 Å². The van der Waals surface area contributed by atoms with Crippen LogP contribution in [0.15, 0.2) is 29.4 Å². The highest BCUT2D eigenvalue weighted by Crippen LogP contribution is 2.22. The lowest BCUT2D eigenvalue weighted by Crippen LogP contribution is -2.18. The molecule has 5 N–H and O–H groups in total. The van der Waals surface area contributed by atoms with Crippen LogP contribution < -0.4 is 17.1 Å². The number of benzene rings is 1. The summed E-state index contributed by atoms with van der Waals surface area (Å²) in [4.78, 5) is 0. The second-order valence-electron chi connectivity index (χ2n) is 3.54. The summed E-state index contributed by atoms with van der Waals surface area (Å²) in [6, 6.07) is 8.20. The number of hydrogen-bond donors (Lipinski definition) is 3. The fourth-order valence-electron chi connectivity index (χ4n) is 1.39. The van der Waals surface area contributed by atoms with Crippen LogP contribution in [0.1, 0.15) is 11.1 Å². The molecule has 0 bridgehead atoms. The first-order valence-electron chi connectivity index (χ1n) is 5.07. The number of aryl methyl sites for hydroxylation is 1. The number of hydrogen-bond acceptors (Lipinski definition) is 6. The zero-order valence-corrected chi connectivity index (χ0v) is 10.2. The van der Waals surface area contributed by atoms with Crippen LogP contribution in [0.5, 0.6) is 0 Å². The third-order valence-corrected chi connectivity index (χ3v) is 3.40. The smallest absolute Gasteiger partial charge is 0.258 e. The second-order valence-corrected chi connectivity index (χ2v) is 4.48. The van der Waals surface area contributed by atoms with E-state index in [0.717, 1.165) is 5.75 Å². The van der Waals surface area contributed by atoms with Crippen LogP contribution in [0.25, 0.3) is 0 Å². The van der Waals surface area contributed by atoms with Gasteiger partial charge in [-0.3, -0.25) is 5.43 Å². The number of aromatic nitrogens is 3. The number of hydrazine groups is 1. The quantitative estimate of drug-likeness (QED) is 0.423. The van der Waals surface area contributed by atoms with E-state index in [2.05, 4.69) is 34.7 Å². The van der Waals surface area contributed by atoms with E-state index in [1.54, 1.807) is 0 Å². The normalized spacial score (nSPS) is 10.5. The van der Waals surface area contributed by atoms with Gasteiger partial charge in [-0.2, -0.15) is 0 Å². The van der Waals surface area contributed by atoms with Gasteiger partial charge in [0.25, 0.3) is 5.95 Å². The first-order chi connectivity index (χ1) is 8.22. The van der Waals surface area contributed by atoms with E-state index in [4.69, 9.17) is 11.7 Å². The molecule has 0 fully saturated rings. The van der Waals surface area contributed by atoms with E-state index < -0.39 is 0 Å². The van der Waals surface area contributed by atoms with Crippen molar-refractivity contribution in [1.29, 1.82) is 0 Å². The molecule has 0 aliphatic rings. The highest BCUT2D eigenvalue weighted by molar-refractivity contribution is 7.98. The highest BCUT2D eigenvalue weighted by atomic mass is 32.2. The molecule has 90 valence electrons. The lowest BCUT2D eigenvalue weighted by molar-refractivity contribution is 0.846. The summed E-state index contributed by atoms with van der Waals surface area (Å²) in [5.74, 6) is 12.1. The highest BCUT2D eigenvalue weighted by Gasteiger charge is 2.09. The molecule has 0 spiro atoms.